The average molecular weight is 451 g/mol. The van der Waals surface area contributed by atoms with E-state index >= 15 is 0 Å². The van der Waals surface area contributed by atoms with E-state index < -0.39 is 28.0 Å². The molecule has 1 N–H and O–H groups in total. The second-order valence-corrected chi connectivity index (χ2v) is 9.02. The molecule has 1 unspecified atom stereocenters. The summed E-state index contributed by atoms with van der Waals surface area (Å²) in [6.07, 6.45) is -1.13. The smallest absolute Gasteiger partial charge is 0.339 e. The van der Waals surface area contributed by atoms with Gasteiger partial charge in [-0.15, -0.1) is 0 Å². The molecule has 0 radical (unpaired) electrons. The lowest BCUT2D eigenvalue weighted by Gasteiger charge is -2.17. The van der Waals surface area contributed by atoms with Crippen molar-refractivity contribution in [2.24, 2.45) is 0 Å². The van der Waals surface area contributed by atoms with Gasteiger partial charge in [-0.1, -0.05) is 6.07 Å². The van der Waals surface area contributed by atoms with Crippen molar-refractivity contribution in [3.8, 4) is 11.5 Å². The van der Waals surface area contributed by atoms with Crippen molar-refractivity contribution in [2.45, 2.75) is 24.8 Å². The van der Waals surface area contributed by atoms with Crippen LogP contribution < -0.4 is 14.8 Å². The minimum Gasteiger partial charge on any atom is -0.493 e. The maximum absolute atomic E-state index is 12.6. The molecule has 1 amide bonds. The molecule has 1 atom stereocenters. The predicted octanol–water partition coefficient (Wildman–Crippen LogP) is 2.45. The van der Waals surface area contributed by atoms with Crippen LogP contribution in [0.15, 0.2) is 41.3 Å². The molecule has 10 heteroatoms. The number of hydrogen-bond acceptors (Lipinski definition) is 7. The highest BCUT2D eigenvalue weighted by molar-refractivity contribution is 7.89. The summed E-state index contributed by atoms with van der Waals surface area (Å²) in [7, 11) is 2.09. The summed E-state index contributed by atoms with van der Waals surface area (Å²) in [4.78, 5) is 25.0. The summed E-state index contributed by atoms with van der Waals surface area (Å²) in [5, 5.41) is 2.62. The SMILES string of the molecule is COc1ccc(C(=O)OC(C)C(=O)Nc2cc(S(=O)(=O)N(C)C)ccc2C)cc1OC. The Balaban J connectivity index is 2.15. The van der Waals surface area contributed by atoms with E-state index in [1.165, 1.54) is 59.5 Å². The van der Waals surface area contributed by atoms with Crippen molar-refractivity contribution in [3.05, 3.63) is 47.5 Å². The maximum Gasteiger partial charge on any atom is 0.339 e. The maximum atomic E-state index is 12.6. The van der Waals surface area contributed by atoms with Gasteiger partial charge in [0.15, 0.2) is 17.6 Å². The zero-order valence-electron chi connectivity index (χ0n) is 18.3. The summed E-state index contributed by atoms with van der Waals surface area (Å²) in [5.41, 5.74) is 1.15. The molecule has 2 aromatic carbocycles. The van der Waals surface area contributed by atoms with E-state index in [-0.39, 0.29) is 10.5 Å². The first-order valence-corrected chi connectivity index (χ1v) is 10.7. The highest BCUT2D eigenvalue weighted by Crippen LogP contribution is 2.28. The quantitative estimate of drug-likeness (QED) is 0.615. The Morgan fingerprint density at radius 1 is 1.00 bits per heavy atom. The van der Waals surface area contributed by atoms with Crippen LogP contribution in [-0.2, 0) is 19.6 Å². The van der Waals surface area contributed by atoms with Crippen LogP contribution in [0.3, 0.4) is 0 Å². The fraction of sp³-hybridized carbons (Fsp3) is 0.333. The van der Waals surface area contributed by atoms with Gasteiger partial charge in [-0.2, -0.15) is 0 Å². The summed E-state index contributed by atoms with van der Waals surface area (Å²) in [6.45, 7) is 3.14. The van der Waals surface area contributed by atoms with E-state index in [1.54, 1.807) is 19.1 Å². The van der Waals surface area contributed by atoms with Crippen molar-refractivity contribution < 1.29 is 32.2 Å². The Hall–Kier alpha value is -3.11. The Labute approximate surface area is 182 Å². The van der Waals surface area contributed by atoms with Crippen molar-refractivity contribution >= 4 is 27.6 Å². The number of benzene rings is 2. The molecule has 2 rings (SSSR count). The fourth-order valence-corrected chi connectivity index (χ4v) is 3.52. The summed E-state index contributed by atoms with van der Waals surface area (Å²) in [6, 6.07) is 8.92. The molecule has 0 bridgehead atoms. The molecule has 0 aliphatic heterocycles. The van der Waals surface area contributed by atoms with Gasteiger partial charge in [0.05, 0.1) is 24.7 Å². The van der Waals surface area contributed by atoms with Gasteiger partial charge in [0.25, 0.3) is 5.91 Å². The fourth-order valence-electron chi connectivity index (χ4n) is 2.59. The molecule has 0 aromatic heterocycles. The largest absolute Gasteiger partial charge is 0.493 e. The van der Waals surface area contributed by atoms with E-state index in [2.05, 4.69) is 5.32 Å². The Bertz CT molecular complexity index is 1080. The molecule has 31 heavy (non-hydrogen) atoms. The number of anilines is 1. The number of nitrogens with zero attached hydrogens (tertiary/aromatic N) is 1. The van der Waals surface area contributed by atoms with Gasteiger partial charge in [-0.3, -0.25) is 4.79 Å². The number of nitrogens with one attached hydrogen (secondary N) is 1. The predicted molar refractivity (Wildman–Crippen MR) is 115 cm³/mol. The van der Waals surface area contributed by atoms with Crippen LogP contribution in [0.1, 0.15) is 22.8 Å². The lowest BCUT2D eigenvalue weighted by molar-refractivity contribution is -0.123. The van der Waals surface area contributed by atoms with Crippen LogP contribution >= 0.6 is 0 Å². The number of carbonyl (C=O) groups is 2. The lowest BCUT2D eigenvalue weighted by Crippen LogP contribution is -2.30. The number of ether oxygens (including phenoxy) is 3. The number of rotatable bonds is 8. The number of sulfonamides is 1. The van der Waals surface area contributed by atoms with Crippen LogP contribution in [-0.4, -0.2) is 59.0 Å². The monoisotopic (exact) mass is 450 g/mol. The molecular formula is C21H26N2O7S. The van der Waals surface area contributed by atoms with Crippen molar-refractivity contribution in [1.82, 2.24) is 4.31 Å². The Morgan fingerprint density at radius 3 is 2.23 bits per heavy atom. The Morgan fingerprint density at radius 2 is 1.65 bits per heavy atom. The van der Waals surface area contributed by atoms with Crippen LogP contribution in [0.25, 0.3) is 0 Å². The molecule has 0 aliphatic carbocycles. The van der Waals surface area contributed by atoms with Gasteiger partial charge in [0.2, 0.25) is 10.0 Å². The molecule has 0 aliphatic rings. The first-order chi connectivity index (χ1) is 14.5. The van der Waals surface area contributed by atoms with E-state index in [9.17, 15) is 18.0 Å². The third-order valence-corrected chi connectivity index (χ3v) is 6.33. The van der Waals surface area contributed by atoms with E-state index in [0.717, 1.165) is 4.31 Å². The van der Waals surface area contributed by atoms with E-state index in [4.69, 9.17) is 14.2 Å². The molecule has 0 spiro atoms. The van der Waals surface area contributed by atoms with Crippen molar-refractivity contribution in [2.75, 3.05) is 33.6 Å². The number of methoxy groups -OCH3 is 2. The molecule has 0 heterocycles. The number of amides is 1. The normalized spacial score (nSPS) is 12.2. The highest BCUT2D eigenvalue weighted by Gasteiger charge is 2.22. The lowest BCUT2D eigenvalue weighted by atomic mass is 10.2. The summed E-state index contributed by atoms with van der Waals surface area (Å²) < 4.78 is 41.3. The second kappa shape index (κ2) is 9.80. The topological polar surface area (TPSA) is 111 Å². The average Bonchev–Trinajstić information content (AvgIpc) is 2.74. The standard InChI is InChI=1S/C21H26N2O7S/c1-13-7-9-16(31(26,27)23(3)4)12-17(13)22-20(24)14(2)30-21(25)15-8-10-18(28-5)19(11-15)29-6/h7-12,14H,1-6H3,(H,22,24). The van der Waals surface area contributed by atoms with Crippen LogP contribution in [0.4, 0.5) is 5.69 Å². The molecule has 9 nitrogen and oxygen atoms in total. The molecule has 2 aromatic rings. The van der Waals surface area contributed by atoms with Gasteiger partial charge in [-0.25, -0.2) is 17.5 Å². The van der Waals surface area contributed by atoms with Gasteiger partial charge < -0.3 is 19.5 Å². The van der Waals surface area contributed by atoms with Gasteiger partial charge in [0.1, 0.15) is 0 Å². The van der Waals surface area contributed by atoms with Crippen molar-refractivity contribution in [1.29, 1.82) is 0 Å². The molecular weight excluding hydrogens is 424 g/mol. The van der Waals surface area contributed by atoms with Gasteiger partial charge in [0, 0.05) is 19.8 Å². The van der Waals surface area contributed by atoms with Gasteiger partial charge in [-0.05, 0) is 49.7 Å². The van der Waals surface area contributed by atoms with Crippen molar-refractivity contribution in [3.63, 3.8) is 0 Å². The van der Waals surface area contributed by atoms with Crippen LogP contribution in [0.5, 0.6) is 11.5 Å². The molecule has 0 saturated carbocycles. The van der Waals surface area contributed by atoms with E-state index in [1.807, 2.05) is 0 Å². The molecule has 0 saturated heterocycles. The highest BCUT2D eigenvalue weighted by atomic mass is 32.2. The summed E-state index contributed by atoms with van der Waals surface area (Å²) in [5.74, 6) is -0.517. The van der Waals surface area contributed by atoms with Crippen LogP contribution in [0, 0.1) is 6.92 Å². The number of aryl methyl sites for hydroxylation is 1. The second-order valence-electron chi connectivity index (χ2n) is 6.87. The number of carbonyl (C=O) groups excluding carboxylic acids is 2. The number of hydrogen-bond donors (Lipinski definition) is 1. The first-order valence-electron chi connectivity index (χ1n) is 9.28. The molecule has 0 fully saturated rings. The number of esters is 1. The minimum atomic E-state index is -3.67. The molecule has 168 valence electrons. The Kier molecular flexibility index (Phi) is 7.64. The third-order valence-electron chi connectivity index (χ3n) is 4.52. The first kappa shape index (κ1) is 24.2. The van der Waals surface area contributed by atoms with Gasteiger partial charge >= 0.3 is 5.97 Å². The minimum absolute atomic E-state index is 0.0355. The van der Waals surface area contributed by atoms with Crippen LogP contribution in [0.2, 0.25) is 0 Å². The van der Waals surface area contributed by atoms with E-state index in [0.29, 0.717) is 22.7 Å². The zero-order chi connectivity index (χ0) is 23.3. The third kappa shape index (κ3) is 5.53. The summed E-state index contributed by atoms with van der Waals surface area (Å²) >= 11 is 0. The zero-order valence-corrected chi connectivity index (χ0v) is 19.1.